The molecular weight excluding hydrogens is 364 g/mol. The molecule has 3 atom stereocenters. The van der Waals surface area contributed by atoms with Crippen molar-refractivity contribution in [3.05, 3.63) is 29.8 Å². The minimum atomic E-state index is -0.157. The maximum Gasteiger partial charge on any atom is 0.227 e. The van der Waals surface area contributed by atoms with Crippen molar-refractivity contribution in [2.24, 2.45) is 11.8 Å². The quantitative estimate of drug-likeness (QED) is 0.833. The lowest BCUT2D eigenvalue weighted by Crippen LogP contribution is -2.47. The van der Waals surface area contributed by atoms with E-state index in [9.17, 15) is 14.4 Å². The van der Waals surface area contributed by atoms with Crippen LogP contribution in [0.5, 0.6) is 0 Å². The first kappa shape index (κ1) is 20.1. The monoisotopic (exact) mass is 396 g/mol. The summed E-state index contributed by atoms with van der Waals surface area (Å²) in [5.74, 6) is 0.365. The number of likely N-dealkylation sites (tertiary alicyclic amines) is 1. The van der Waals surface area contributed by atoms with Crippen LogP contribution in [-0.2, 0) is 20.8 Å². The van der Waals surface area contributed by atoms with Crippen molar-refractivity contribution in [3.63, 3.8) is 0 Å². The molecule has 0 aromatic heterocycles. The van der Waals surface area contributed by atoms with E-state index in [0.29, 0.717) is 31.5 Å². The lowest BCUT2D eigenvalue weighted by atomic mass is 9.80. The molecule has 2 amide bonds. The number of amides is 2. The Bertz CT molecular complexity index is 775. The second kappa shape index (κ2) is 9.10. The van der Waals surface area contributed by atoms with Crippen LogP contribution in [-0.4, -0.2) is 35.1 Å². The van der Waals surface area contributed by atoms with Crippen LogP contribution in [0, 0.1) is 11.8 Å². The second-order valence-corrected chi connectivity index (χ2v) is 8.91. The first-order chi connectivity index (χ1) is 14.1. The third-order valence-electron chi connectivity index (χ3n) is 7.00. The molecule has 156 valence electrons. The van der Waals surface area contributed by atoms with Crippen molar-refractivity contribution in [2.45, 2.75) is 76.7 Å². The van der Waals surface area contributed by atoms with E-state index in [1.165, 1.54) is 0 Å². The Morgan fingerprint density at radius 1 is 1.03 bits per heavy atom. The highest BCUT2D eigenvalue weighted by Crippen LogP contribution is 2.33. The van der Waals surface area contributed by atoms with Crippen LogP contribution in [0.25, 0.3) is 0 Å². The molecule has 1 aromatic rings. The van der Waals surface area contributed by atoms with Crippen molar-refractivity contribution in [1.29, 1.82) is 0 Å². The van der Waals surface area contributed by atoms with Gasteiger partial charge in [-0.05, 0) is 50.2 Å². The van der Waals surface area contributed by atoms with Gasteiger partial charge in [-0.15, -0.1) is 0 Å². The number of nitrogens with zero attached hydrogens (tertiary/aromatic N) is 1. The maximum absolute atomic E-state index is 13.2. The highest BCUT2D eigenvalue weighted by Gasteiger charge is 2.37. The number of carbonyl (C=O) groups is 3. The Hall–Kier alpha value is -2.17. The van der Waals surface area contributed by atoms with E-state index in [0.717, 1.165) is 62.7 Å². The average molecular weight is 397 g/mol. The molecular formula is C24H32N2O3. The number of carbonyl (C=O) groups excluding carboxylic acids is 3. The Balaban J connectivity index is 1.41. The number of hydrogen-bond donors (Lipinski definition) is 1. The summed E-state index contributed by atoms with van der Waals surface area (Å²) >= 11 is 0. The van der Waals surface area contributed by atoms with Gasteiger partial charge in [0.15, 0.2) is 0 Å². The van der Waals surface area contributed by atoms with E-state index in [4.69, 9.17) is 0 Å². The van der Waals surface area contributed by atoms with Crippen LogP contribution < -0.4 is 5.32 Å². The first-order valence-corrected chi connectivity index (χ1v) is 11.3. The predicted molar refractivity (Wildman–Crippen MR) is 112 cm³/mol. The molecule has 1 saturated heterocycles. The molecule has 2 heterocycles. The van der Waals surface area contributed by atoms with Crippen LogP contribution >= 0.6 is 0 Å². The fourth-order valence-corrected chi connectivity index (χ4v) is 5.37. The molecule has 1 N–H and O–H groups in total. The Morgan fingerprint density at radius 3 is 2.72 bits per heavy atom. The van der Waals surface area contributed by atoms with Gasteiger partial charge < -0.3 is 10.2 Å². The molecule has 0 radical (unpaired) electrons. The molecule has 1 aromatic carbocycles. The molecule has 1 aliphatic carbocycles. The highest BCUT2D eigenvalue weighted by atomic mass is 16.2. The Labute approximate surface area is 173 Å². The molecule has 4 rings (SSSR count). The standard InChI is InChI=1S/C24H32N2O3/c27-22-12-6-4-9-19(22)21-11-2-1-7-15-26(21)23(28)14-13-18-16-17-8-3-5-10-20(17)25-24(18)29/h3,5,8,10,18-19,21H,1-2,4,6-7,9,11-16H2,(H,25,29). The minimum Gasteiger partial charge on any atom is -0.339 e. The second-order valence-electron chi connectivity index (χ2n) is 8.91. The van der Waals surface area contributed by atoms with Crippen LogP contribution in [0.4, 0.5) is 5.69 Å². The van der Waals surface area contributed by atoms with E-state index >= 15 is 0 Å². The van der Waals surface area contributed by atoms with Crippen LogP contribution in [0.15, 0.2) is 24.3 Å². The summed E-state index contributed by atoms with van der Waals surface area (Å²) in [6.07, 6.45) is 9.52. The summed E-state index contributed by atoms with van der Waals surface area (Å²) in [6, 6.07) is 7.95. The lowest BCUT2D eigenvalue weighted by Gasteiger charge is -2.37. The third-order valence-corrected chi connectivity index (χ3v) is 7.00. The van der Waals surface area contributed by atoms with Crippen molar-refractivity contribution < 1.29 is 14.4 Å². The number of fused-ring (bicyclic) bond motifs is 1. The van der Waals surface area contributed by atoms with Gasteiger partial charge >= 0.3 is 0 Å². The molecule has 0 spiro atoms. The zero-order valence-corrected chi connectivity index (χ0v) is 17.2. The van der Waals surface area contributed by atoms with Gasteiger partial charge in [0.2, 0.25) is 11.8 Å². The molecule has 3 unspecified atom stereocenters. The number of nitrogens with one attached hydrogen (secondary N) is 1. The summed E-state index contributed by atoms with van der Waals surface area (Å²) in [7, 11) is 0. The van der Waals surface area contributed by atoms with E-state index < -0.39 is 0 Å². The van der Waals surface area contributed by atoms with Gasteiger partial charge in [-0.3, -0.25) is 14.4 Å². The number of ketones is 1. The summed E-state index contributed by atoms with van der Waals surface area (Å²) in [5.41, 5.74) is 2.04. The number of anilines is 1. The molecule has 3 aliphatic rings. The van der Waals surface area contributed by atoms with Gasteiger partial charge in [0.1, 0.15) is 5.78 Å². The predicted octanol–water partition coefficient (Wildman–Crippen LogP) is 4.11. The van der Waals surface area contributed by atoms with E-state index in [1.807, 2.05) is 29.2 Å². The van der Waals surface area contributed by atoms with Gasteiger partial charge in [0, 0.05) is 43.0 Å². The molecule has 2 fully saturated rings. The minimum absolute atomic E-state index is 0.0198. The van der Waals surface area contributed by atoms with E-state index in [-0.39, 0.29) is 29.7 Å². The van der Waals surface area contributed by atoms with Crippen molar-refractivity contribution in [2.75, 3.05) is 11.9 Å². The van der Waals surface area contributed by atoms with Crippen LogP contribution in [0.3, 0.4) is 0 Å². The van der Waals surface area contributed by atoms with Gasteiger partial charge in [-0.2, -0.15) is 0 Å². The van der Waals surface area contributed by atoms with Gasteiger partial charge in [0.25, 0.3) is 0 Å². The summed E-state index contributed by atoms with van der Waals surface area (Å²) in [6.45, 7) is 0.757. The fraction of sp³-hybridized carbons (Fsp3) is 0.625. The zero-order chi connectivity index (χ0) is 20.2. The van der Waals surface area contributed by atoms with Crippen molar-refractivity contribution in [3.8, 4) is 0 Å². The van der Waals surface area contributed by atoms with E-state index in [2.05, 4.69) is 5.32 Å². The molecule has 2 aliphatic heterocycles. The molecule has 5 nitrogen and oxygen atoms in total. The topological polar surface area (TPSA) is 66.5 Å². The molecule has 5 heteroatoms. The smallest absolute Gasteiger partial charge is 0.227 e. The van der Waals surface area contributed by atoms with Crippen LogP contribution in [0.1, 0.15) is 69.8 Å². The number of hydrogen-bond acceptors (Lipinski definition) is 3. The van der Waals surface area contributed by atoms with Crippen molar-refractivity contribution in [1.82, 2.24) is 4.90 Å². The molecule has 1 saturated carbocycles. The number of benzene rings is 1. The van der Waals surface area contributed by atoms with Gasteiger partial charge in [0.05, 0.1) is 0 Å². The normalized spacial score (nSPS) is 27.7. The lowest BCUT2D eigenvalue weighted by molar-refractivity contribution is -0.138. The summed E-state index contributed by atoms with van der Waals surface area (Å²) in [4.78, 5) is 40.2. The summed E-state index contributed by atoms with van der Waals surface area (Å²) in [5, 5.41) is 2.98. The molecule has 29 heavy (non-hydrogen) atoms. The summed E-state index contributed by atoms with van der Waals surface area (Å²) < 4.78 is 0. The van der Waals surface area contributed by atoms with Crippen molar-refractivity contribution >= 4 is 23.3 Å². The zero-order valence-electron chi connectivity index (χ0n) is 17.2. The first-order valence-electron chi connectivity index (χ1n) is 11.3. The van der Waals surface area contributed by atoms with Gasteiger partial charge in [-0.1, -0.05) is 37.5 Å². The van der Waals surface area contributed by atoms with Crippen LogP contribution in [0.2, 0.25) is 0 Å². The Morgan fingerprint density at radius 2 is 1.86 bits per heavy atom. The Kier molecular flexibility index (Phi) is 6.31. The average Bonchev–Trinajstić information content (AvgIpc) is 2.98. The third kappa shape index (κ3) is 4.54. The van der Waals surface area contributed by atoms with Gasteiger partial charge in [-0.25, -0.2) is 0 Å². The highest BCUT2D eigenvalue weighted by molar-refractivity contribution is 5.96. The largest absolute Gasteiger partial charge is 0.339 e. The number of Topliss-reactive ketones (excluding diaryl/α,β-unsaturated/α-hetero) is 1. The van der Waals surface area contributed by atoms with E-state index in [1.54, 1.807) is 0 Å². The number of para-hydroxylation sites is 1. The molecule has 0 bridgehead atoms. The SMILES string of the molecule is O=C1Nc2ccccc2CC1CCC(=O)N1CCCCCC1C1CCCCC1=O. The fourth-order valence-electron chi connectivity index (χ4n) is 5.37. The number of rotatable bonds is 4. The maximum atomic E-state index is 13.2.